The lowest BCUT2D eigenvalue weighted by molar-refractivity contribution is 0.0218. The van der Waals surface area contributed by atoms with Crippen LogP contribution < -0.4 is 5.56 Å². The molecular formula is C20H25N3O2S. The summed E-state index contributed by atoms with van der Waals surface area (Å²) in [5.74, 6) is 1.40. The molecule has 4 rings (SSSR count). The van der Waals surface area contributed by atoms with Crippen LogP contribution in [0, 0.1) is 16.6 Å². The third kappa shape index (κ3) is 2.80. The lowest BCUT2D eigenvalue weighted by Gasteiger charge is -2.47. The molecule has 1 saturated carbocycles. The van der Waals surface area contributed by atoms with E-state index in [1.54, 1.807) is 25.2 Å². The number of rotatable bonds is 1. The first-order valence-corrected chi connectivity index (χ1v) is 9.92. The zero-order chi connectivity index (χ0) is 18.4. The molecule has 2 heterocycles. The van der Waals surface area contributed by atoms with Crippen LogP contribution in [0.3, 0.4) is 0 Å². The maximum absolute atomic E-state index is 13.2. The van der Waals surface area contributed by atoms with Crippen LogP contribution >= 0.6 is 12.2 Å². The van der Waals surface area contributed by atoms with Crippen molar-refractivity contribution in [3.8, 4) is 0 Å². The molecule has 0 spiro atoms. The molecule has 1 aliphatic heterocycles. The van der Waals surface area contributed by atoms with E-state index in [4.69, 9.17) is 12.2 Å². The molecule has 6 heteroatoms. The second kappa shape index (κ2) is 6.65. The minimum atomic E-state index is -0.137. The van der Waals surface area contributed by atoms with E-state index in [1.807, 2.05) is 0 Å². The number of aromatic nitrogens is 2. The number of carbonyl (C=O) groups is 1. The second-order valence-corrected chi connectivity index (χ2v) is 8.22. The van der Waals surface area contributed by atoms with Crippen LogP contribution in [0.25, 0.3) is 10.9 Å². The van der Waals surface area contributed by atoms with Crippen molar-refractivity contribution in [2.24, 2.45) is 18.9 Å². The minimum Gasteiger partial charge on any atom is -0.335 e. The van der Waals surface area contributed by atoms with Gasteiger partial charge in [-0.05, 0) is 61.5 Å². The predicted molar refractivity (Wildman–Crippen MR) is 105 cm³/mol. The van der Waals surface area contributed by atoms with Crippen molar-refractivity contribution in [2.75, 3.05) is 6.54 Å². The van der Waals surface area contributed by atoms with Crippen molar-refractivity contribution in [1.29, 1.82) is 0 Å². The number of hydrogen-bond acceptors (Lipinski definition) is 3. The normalized spacial score (nSPS) is 25.9. The van der Waals surface area contributed by atoms with Crippen LogP contribution in [-0.4, -0.2) is 32.9 Å². The van der Waals surface area contributed by atoms with Gasteiger partial charge in [-0.25, -0.2) is 0 Å². The third-order valence-corrected chi connectivity index (χ3v) is 6.72. The fraction of sp³-hybridized carbons (Fsp3) is 0.550. The van der Waals surface area contributed by atoms with Gasteiger partial charge in [0, 0.05) is 25.2 Å². The average molecular weight is 372 g/mol. The smallest absolute Gasteiger partial charge is 0.261 e. The van der Waals surface area contributed by atoms with Crippen LogP contribution in [0.1, 0.15) is 49.4 Å². The van der Waals surface area contributed by atoms with E-state index >= 15 is 0 Å². The third-order valence-electron chi connectivity index (χ3n) is 6.35. The molecule has 3 atom stereocenters. The van der Waals surface area contributed by atoms with Gasteiger partial charge in [0.15, 0.2) is 4.77 Å². The number of likely N-dealkylation sites (tertiary alicyclic amines) is 1. The average Bonchev–Trinajstić information content (AvgIpc) is 2.66. The summed E-state index contributed by atoms with van der Waals surface area (Å²) in [7, 11) is 1.65. The van der Waals surface area contributed by atoms with Gasteiger partial charge in [0.25, 0.3) is 11.5 Å². The number of nitrogens with zero attached hydrogens (tertiary/aromatic N) is 2. The molecule has 0 bridgehead atoms. The maximum Gasteiger partial charge on any atom is 0.261 e. The van der Waals surface area contributed by atoms with E-state index in [0.29, 0.717) is 39.1 Å². The highest BCUT2D eigenvalue weighted by atomic mass is 32.1. The molecule has 1 N–H and O–H groups in total. The molecule has 5 nitrogen and oxygen atoms in total. The van der Waals surface area contributed by atoms with Gasteiger partial charge in [0.05, 0.1) is 10.9 Å². The van der Waals surface area contributed by atoms with Gasteiger partial charge in [0.1, 0.15) is 0 Å². The summed E-state index contributed by atoms with van der Waals surface area (Å²) in [5, 5.41) is 0.556. The quantitative estimate of drug-likeness (QED) is 0.779. The topological polar surface area (TPSA) is 58.1 Å². The van der Waals surface area contributed by atoms with Crippen LogP contribution in [-0.2, 0) is 7.05 Å². The Balaban J connectivity index is 1.71. The molecule has 1 aliphatic carbocycles. The van der Waals surface area contributed by atoms with E-state index in [0.717, 1.165) is 19.4 Å². The fourth-order valence-electron chi connectivity index (χ4n) is 4.77. The number of H-pyrrole nitrogens is 1. The molecule has 1 amide bonds. The summed E-state index contributed by atoms with van der Waals surface area (Å²) >= 11 is 5.20. The highest BCUT2D eigenvalue weighted by molar-refractivity contribution is 7.71. The van der Waals surface area contributed by atoms with Crippen molar-refractivity contribution < 1.29 is 4.79 Å². The molecule has 1 saturated heterocycles. The number of hydrogen-bond donors (Lipinski definition) is 1. The number of fused-ring (bicyclic) bond motifs is 2. The molecule has 1 aromatic carbocycles. The molecule has 138 valence electrons. The van der Waals surface area contributed by atoms with Gasteiger partial charge in [-0.1, -0.05) is 19.8 Å². The zero-order valence-corrected chi connectivity index (χ0v) is 16.1. The van der Waals surface area contributed by atoms with E-state index in [2.05, 4.69) is 16.8 Å². The van der Waals surface area contributed by atoms with E-state index in [9.17, 15) is 9.59 Å². The molecule has 26 heavy (non-hydrogen) atoms. The predicted octanol–water partition coefficient (Wildman–Crippen LogP) is 3.64. The lowest BCUT2D eigenvalue weighted by Crippen LogP contribution is -2.52. The maximum atomic E-state index is 13.2. The summed E-state index contributed by atoms with van der Waals surface area (Å²) in [5.41, 5.74) is 1.13. The van der Waals surface area contributed by atoms with Crippen LogP contribution in [0.15, 0.2) is 23.0 Å². The number of amides is 1. The highest BCUT2D eigenvalue weighted by Crippen LogP contribution is 2.39. The molecule has 2 aliphatic rings. The monoisotopic (exact) mass is 371 g/mol. The molecule has 2 fully saturated rings. The first-order chi connectivity index (χ1) is 12.5. The first kappa shape index (κ1) is 17.5. The summed E-state index contributed by atoms with van der Waals surface area (Å²) < 4.78 is 1.78. The van der Waals surface area contributed by atoms with Crippen LogP contribution in [0.5, 0.6) is 0 Å². The lowest BCUT2D eigenvalue weighted by atomic mass is 9.72. The van der Waals surface area contributed by atoms with E-state index < -0.39 is 0 Å². The Hall–Kier alpha value is -1.95. The van der Waals surface area contributed by atoms with Gasteiger partial charge in [-0.2, -0.15) is 0 Å². The summed E-state index contributed by atoms with van der Waals surface area (Å²) in [6, 6.07) is 5.66. The minimum absolute atomic E-state index is 0.0793. The highest BCUT2D eigenvalue weighted by Gasteiger charge is 2.39. The molecule has 2 aromatic rings. The Morgan fingerprint density at radius 2 is 2.00 bits per heavy atom. The Morgan fingerprint density at radius 1 is 1.23 bits per heavy atom. The second-order valence-electron chi connectivity index (χ2n) is 7.83. The molecule has 0 unspecified atom stereocenters. The Morgan fingerprint density at radius 3 is 2.81 bits per heavy atom. The van der Waals surface area contributed by atoms with Gasteiger partial charge in [-0.15, -0.1) is 0 Å². The summed E-state index contributed by atoms with van der Waals surface area (Å²) in [4.78, 5) is 30.7. The fourth-order valence-corrected chi connectivity index (χ4v) is 4.96. The van der Waals surface area contributed by atoms with Crippen LogP contribution in [0.2, 0.25) is 0 Å². The van der Waals surface area contributed by atoms with Gasteiger partial charge in [-0.3, -0.25) is 14.2 Å². The van der Waals surface area contributed by atoms with Crippen molar-refractivity contribution in [2.45, 2.75) is 45.1 Å². The number of aromatic amines is 1. The van der Waals surface area contributed by atoms with Crippen molar-refractivity contribution in [3.05, 3.63) is 38.9 Å². The summed E-state index contributed by atoms with van der Waals surface area (Å²) in [6.45, 7) is 3.16. The van der Waals surface area contributed by atoms with Crippen molar-refractivity contribution in [1.82, 2.24) is 14.5 Å². The number of piperidine rings is 1. The van der Waals surface area contributed by atoms with Crippen molar-refractivity contribution >= 4 is 29.0 Å². The number of benzene rings is 1. The number of carbonyl (C=O) groups excluding carboxylic acids is 1. The zero-order valence-electron chi connectivity index (χ0n) is 15.3. The van der Waals surface area contributed by atoms with Gasteiger partial charge < -0.3 is 9.88 Å². The van der Waals surface area contributed by atoms with E-state index in [-0.39, 0.29) is 11.5 Å². The first-order valence-electron chi connectivity index (χ1n) is 9.51. The number of nitrogens with one attached hydrogen (secondary N) is 1. The molecule has 1 aromatic heterocycles. The molecular weight excluding hydrogens is 346 g/mol. The molecule has 0 radical (unpaired) electrons. The van der Waals surface area contributed by atoms with Crippen molar-refractivity contribution in [3.63, 3.8) is 0 Å². The standard InChI is InChI=1S/C20H25N3O2S/c1-12-9-10-23(17-6-4-3-5-14(12)17)18(24)13-7-8-15-16(11-13)21-20(26)22(2)19(15)25/h7-8,11-12,14,17H,3-6,9-10H2,1-2H3,(H,21,26)/t12-,14+,17+/m1/s1. The van der Waals surface area contributed by atoms with Gasteiger partial charge in [0.2, 0.25) is 0 Å². The summed E-state index contributed by atoms with van der Waals surface area (Å²) in [6.07, 6.45) is 5.90. The Bertz CT molecular complexity index is 977. The van der Waals surface area contributed by atoms with Gasteiger partial charge >= 0.3 is 0 Å². The SMILES string of the molecule is C[C@@H]1CCN(C(=O)c2ccc3c(=O)n(C)c(=S)[nH]c3c2)[C@H]2CCCC[C@@H]12. The van der Waals surface area contributed by atoms with Crippen LogP contribution in [0.4, 0.5) is 0 Å². The Labute approximate surface area is 158 Å². The van der Waals surface area contributed by atoms with E-state index in [1.165, 1.54) is 23.8 Å². The Kier molecular flexibility index (Phi) is 4.47. The largest absolute Gasteiger partial charge is 0.335 e.